The second kappa shape index (κ2) is 7.37. The smallest absolute Gasteiger partial charge is 0.291 e. The molecular weight excluding hydrogens is 316 g/mol. The van der Waals surface area contributed by atoms with Gasteiger partial charge in [-0.1, -0.05) is 0 Å². The Labute approximate surface area is 119 Å². The summed E-state index contributed by atoms with van der Waals surface area (Å²) in [6, 6.07) is 0. The molecule has 1 heterocycles. The molecule has 0 amide bonds. The van der Waals surface area contributed by atoms with E-state index < -0.39 is 4.92 Å². The molecule has 106 valence electrons. The van der Waals surface area contributed by atoms with Gasteiger partial charge in [-0.2, -0.15) is 0 Å². The molecule has 1 aromatic heterocycles. The van der Waals surface area contributed by atoms with Crippen molar-refractivity contribution >= 4 is 27.4 Å². The van der Waals surface area contributed by atoms with E-state index in [-0.39, 0.29) is 11.8 Å². The fourth-order valence-corrected chi connectivity index (χ4v) is 1.90. The van der Waals surface area contributed by atoms with E-state index in [9.17, 15) is 10.1 Å². The van der Waals surface area contributed by atoms with Crippen molar-refractivity contribution in [1.29, 1.82) is 0 Å². The molecule has 0 aliphatic rings. The van der Waals surface area contributed by atoms with Crippen molar-refractivity contribution < 1.29 is 10.0 Å². The molecule has 7 nitrogen and oxygen atoms in total. The van der Waals surface area contributed by atoms with Crippen LogP contribution in [0.5, 0.6) is 0 Å². The molecule has 0 radical (unpaired) electrons. The van der Waals surface area contributed by atoms with Gasteiger partial charge in [-0.3, -0.25) is 10.1 Å². The van der Waals surface area contributed by atoms with Crippen LogP contribution in [-0.2, 0) is 0 Å². The van der Waals surface area contributed by atoms with Crippen molar-refractivity contribution in [3.8, 4) is 0 Å². The van der Waals surface area contributed by atoms with Gasteiger partial charge in [0.2, 0.25) is 0 Å². The average Bonchev–Trinajstić information content (AvgIpc) is 2.33. The number of hydrogen-bond acceptors (Lipinski definition) is 6. The Morgan fingerprint density at radius 3 is 2.84 bits per heavy atom. The van der Waals surface area contributed by atoms with Crippen molar-refractivity contribution in [3.05, 3.63) is 26.3 Å². The van der Waals surface area contributed by atoms with Gasteiger partial charge < -0.3 is 15.7 Å². The molecule has 0 fully saturated rings. The van der Waals surface area contributed by atoms with Gasteiger partial charge in [0.15, 0.2) is 0 Å². The first-order valence-corrected chi connectivity index (χ1v) is 6.65. The van der Waals surface area contributed by atoms with Gasteiger partial charge >= 0.3 is 0 Å². The maximum atomic E-state index is 10.7. The van der Waals surface area contributed by atoms with Gasteiger partial charge in [0.25, 0.3) is 5.69 Å². The van der Waals surface area contributed by atoms with Crippen LogP contribution in [0.4, 0.5) is 11.5 Å². The third kappa shape index (κ3) is 4.73. The molecule has 0 saturated heterocycles. The summed E-state index contributed by atoms with van der Waals surface area (Å²) in [6.45, 7) is 5.17. The van der Waals surface area contributed by atoms with Crippen LogP contribution in [0.2, 0.25) is 0 Å². The number of halogens is 1. The number of pyridine rings is 1. The minimum atomic E-state index is -0.457. The molecule has 0 spiro atoms. The molecule has 0 bridgehead atoms. The lowest BCUT2D eigenvalue weighted by Crippen LogP contribution is -2.29. The number of aliphatic hydroxyl groups is 1. The molecule has 1 aromatic rings. The molecular formula is C11H17BrN4O3. The molecule has 0 aliphatic carbocycles. The highest BCUT2D eigenvalue weighted by molar-refractivity contribution is 9.10. The van der Waals surface area contributed by atoms with Gasteiger partial charge in [-0.25, -0.2) is 4.98 Å². The fourth-order valence-electron chi connectivity index (χ4n) is 1.46. The summed E-state index contributed by atoms with van der Waals surface area (Å²) >= 11 is 3.30. The number of anilines is 1. The minimum absolute atomic E-state index is 0.00958. The van der Waals surface area contributed by atoms with Crippen molar-refractivity contribution in [2.24, 2.45) is 0 Å². The van der Waals surface area contributed by atoms with E-state index in [4.69, 9.17) is 5.11 Å². The normalized spacial score (nSPS) is 12.2. The van der Waals surface area contributed by atoms with Crippen LogP contribution in [0.25, 0.3) is 0 Å². The SMILES string of the molecule is Cc1c([N+](=O)[O-])cnc(NCCNCC(C)O)c1Br. The Morgan fingerprint density at radius 2 is 2.26 bits per heavy atom. The number of rotatable bonds is 7. The van der Waals surface area contributed by atoms with Crippen LogP contribution in [0, 0.1) is 17.0 Å². The van der Waals surface area contributed by atoms with E-state index in [0.29, 0.717) is 35.5 Å². The minimum Gasteiger partial charge on any atom is -0.392 e. The Hall–Kier alpha value is -1.25. The first-order valence-electron chi connectivity index (χ1n) is 5.85. The second-order valence-corrected chi connectivity index (χ2v) is 4.96. The van der Waals surface area contributed by atoms with E-state index in [1.807, 2.05) is 0 Å². The summed E-state index contributed by atoms with van der Waals surface area (Å²) in [4.78, 5) is 14.3. The van der Waals surface area contributed by atoms with E-state index in [1.165, 1.54) is 6.20 Å². The van der Waals surface area contributed by atoms with E-state index >= 15 is 0 Å². The Morgan fingerprint density at radius 1 is 1.58 bits per heavy atom. The molecule has 19 heavy (non-hydrogen) atoms. The third-order valence-electron chi connectivity index (χ3n) is 2.47. The number of aromatic nitrogens is 1. The summed E-state index contributed by atoms with van der Waals surface area (Å²) in [5.74, 6) is 0.571. The van der Waals surface area contributed by atoms with Gasteiger partial charge in [-0.05, 0) is 29.8 Å². The predicted molar refractivity (Wildman–Crippen MR) is 76.4 cm³/mol. The Balaban J connectivity index is 2.56. The zero-order chi connectivity index (χ0) is 14.4. The highest BCUT2D eigenvalue weighted by Gasteiger charge is 2.16. The first-order chi connectivity index (χ1) is 8.93. The monoisotopic (exact) mass is 332 g/mol. The van der Waals surface area contributed by atoms with Gasteiger partial charge in [-0.15, -0.1) is 0 Å². The van der Waals surface area contributed by atoms with Crippen molar-refractivity contribution in [2.45, 2.75) is 20.0 Å². The van der Waals surface area contributed by atoms with Crippen LogP contribution >= 0.6 is 15.9 Å². The average molecular weight is 333 g/mol. The van der Waals surface area contributed by atoms with Crippen LogP contribution in [0.3, 0.4) is 0 Å². The van der Waals surface area contributed by atoms with E-state index in [0.717, 1.165) is 0 Å². The molecule has 1 atom stereocenters. The molecule has 8 heteroatoms. The number of aliphatic hydroxyl groups excluding tert-OH is 1. The van der Waals surface area contributed by atoms with Crippen LogP contribution in [-0.4, -0.2) is 40.8 Å². The number of nitro groups is 1. The van der Waals surface area contributed by atoms with E-state index in [2.05, 4.69) is 31.5 Å². The number of nitrogens with one attached hydrogen (secondary N) is 2. The standard InChI is InChI=1S/C11H17BrN4O3/c1-7(17)5-13-3-4-14-11-10(12)8(2)9(6-15-11)16(18)19/h6-7,13,17H,3-5H2,1-2H3,(H,14,15). The lowest BCUT2D eigenvalue weighted by atomic mass is 10.2. The second-order valence-electron chi connectivity index (χ2n) is 4.17. The van der Waals surface area contributed by atoms with Crippen molar-refractivity contribution in [3.63, 3.8) is 0 Å². The van der Waals surface area contributed by atoms with Crippen molar-refractivity contribution in [2.75, 3.05) is 25.0 Å². The van der Waals surface area contributed by atoms with Crippen LogP contribution < -0.4 is 10.6 Å². The number of nitrogens with zero attached hydrogens (tertiary/aromatic N) is 2. The quantitative estimate of drug-likeness (QED) is 0.397. The third-order valence-corrected chi connectivity index (χ3v) is 3.44. The lowest BCUT2D eigenvalue weighted by molar-refractivity contribution is -0.385. The summed E-state index contributed by atoms with van der Waals surface area (Å²) in [5, 5.41) is 25.9. The molecule has 0 aliphatic heterocycles. The summed E-state index contributed by atoms with van der Waals surface area (Å²) in [7, 11) is 0. The topological polar surface area (TPSA) is 100 Å². The van der Waals surface area contributed by atoms with Crippen LogP contribution in [0.1, 0.15) is 12.5 Å². The largest absolute Gasteiger partial charge is 0.392 e. The highest BCUT2D eigenvalue weighted by Crippen LogP contribution is 2.30. The summed E-state index contributed by atoms with van der Waals surface area (Å²) in [5.41, 5.74) is 0.532. The molecule has 3 N–H and O–H groups in total. The maximum Gasteiger partial charge on any atom is 0.291 e. The maximum absolute atomic E-state index is 10.7. The van der Waals surface area contributed by atoms with Gasteiger partial charge in [0, 0.05) is 25.2 Å². The fraction of sp³-hybridized carbons (Fsp3) is 0.545. The first kappa shape index (κ1) is 15.8. The Kier molecular flexibility index (Phi) is 6.13. The van der Waals surface area contributed by atoms with Gasteiger partial charge in [0.1, 0.15) is 12.0 Å². The van der Waals surface area contributed by atoms with Crippen LogP contribution in [0.15, 0.2) is 10.7 Å². The molecule has 1 unspecified atom stereocenters. The Bertz CT molecular complexity index is 454. The highest BCUT2D eigenvalue weighted by atomic mass is 79.9. The lowest BCUT2D eigenvalue weighted by Gasteiger charge is -2.10. The molecule has 0 aromatic carbocycles. The summed E-state index contributed by atoms with van der Waals surface area (Å²) < 4.78 is 0.595. The van der Waals surface area contributed by atoms with E-state index in [1.54, 1.807) is 13.8 Å². The zero-order valence-electron chi connectivity index (χ0n) is 10.8. The summed E-state index contributed by atoms with van der Waals surface area (Å²) in [6.07, 6.45) is 0.859. The van der Waals surface area contributed by atoms with Gasteiger partial charge in [0.05, 0.1) is 15.5 Å². The molecule has 1 rings (SSSR count). The molecule has 0 saturated carbocycles. The predicted octanol–water partition coefficient (Wildman–Crippen LogP) is 1.44. The van der Waals surface area contributed by atoms with Crippen molar-refractivity contribution in [1.82, 2.24) is 10.3 Å². The number of hydrogen-bond donors (Lipinski definition) is 3. The zero-order valence-corrected chi connectivity index (χ0v) is 12.4.